The molecule has 1 fully saturated rings. The molecule has 1 aliphatic heterocycles. The van der Waals surface area contributed by atoms with Gasteiger partial charge < -0.3 is 29.6 Å². The summed E-state index contributed by atoms with van der Waals surface area (Å²) in [5, 5.41) is 12.3. The van der Waals surface area contributed by atoms with Crippen LogP contribution in [0, 0.1) is 0 Å². The number of aromatic nitrogens is 3. The third-order valence-corrected chi connectivity index (χ3v) is 5.27. The van der Waals surface area contributed by atoms with E-state index in [0.29, 0.717) is 43.8 Å². The fraction of sp³-hybridized carbons (Fsp3) is 0.600. The summed E-state index contributed by atoms with van der Waals surface area (Å²) in [5.41, 5.74) is 0.316. The number of likely N-dealkylation sites (tertiary alicyclic amines) is 1. The zero-order chi connectivity index (χ0) is 22.0. The average molecular weight is 419 g/mol. The molecule has 1 saturated heterocycles. The molecule has 0 atom stereocenters. The van der Waals surface area contributed by atoms with E-state index in [2.05, 4.69) is 15.3 Å². The van der Waals surface area contributed by atoms with Crippen LogP contribution in [0.25, 0.3) is 11.0 Å². The van der Waals surface area contributed by atoms with Crippen molar-refractivity contribution < 1.29 is 19.4 Å². The molecule has 0 saturated carbocycles. The van der Waals surface area contributed by atoms with Crippen LogP contribution in [0.2, 0.25) is 0 Å². The van der Waals surface area contributed by atoms with Crippen molar-refractivity contribution in [2.24, 2.45) is 7.05 Å². The predicted molar refractivity (Wildman–Crippen MR) is 111 cm³/mol. The van der Waals surface area contributed by atoms with E-state index >= 15 is 0 Å². The number of fused-ring (bicyclic) bond motifs is 1. The molecule has 3 N–H and O–H groups in total. The van der Waals surface area contributed by atoms with Crippen LogP contribution in [0.1, 0.15) is 49.9 Å². The highest BCUT2D eigenvalue weighted by atomic mass is 16.5. The van der Waals surface area contributed by atoms with Gasteiger partial charge in [-0.2, -0.15) is 0 Å². The summed E-state index contributed by atoms with van der Waals surface area (Å²) in [6.45, 7) is 5.98. The first-order chi connectivity index (χ1) is 14.3. The van der Waals surface area contributed by atoms with Gasteiger partial charge in [0.2, 0.25) is 5.91 Å². The zero-order valence-corrected chi connectivity index (χ0v) is 17.8. The van der Waals surface area contributed by atoms with Crippen molar-refractivity contribution in [2.75, 3.05) is 19.7 Å². The number of aliphatic hydroxyl groups is 1. The third-order valence-electron chi connectivity index (χ3n) is 5.27. The number of aliphatic hydroxyl groups excluding tert-OH is 1. The number of hydrogen-bond acceptors (Lipinski definition) is 6. The summed E-state index contributed by atoms with van der Waals surface area (Å²) >= 11 is 0. The Bertz CT molecular complexity index is 1000. The van der Waals surface area contributed by atoms with Crippen LogP contribution in [0.3, 0.4) is 0 Å². The van der Waals surface area contributed by atoms with Crippen molar-refractivity contribution in [2.45, 2.75) is 52.2 Å². The van der Waals surface area contributed by atoms with Crippen molar-refractivity contribution in [3.63, 3.8) is 0 Å². The first-order valence-electron chi connectivity index (χ1n) is 10.2. The highest BCUT2D eigenvalue weighted by Crippen LogP contribution is 2.30. The summed E-state index contributed by atoms with van der Waals surface area (Å²) in [7, 11) is 1.69. The Hall–Kier alpha value is -2.88. The van der Waals surface area contributed by atoms with Gasteiger partial charge in [-0.05, 0) is 26.7 Å². The van der Waals surface area contributed by atoms with Crippen molar-refractivity contribution in [3.05, 3.63) is 21.9 Å². The number of H-pyrrole nitrogens is 1. The molecule has 30 heavy (non-hydrogen) atoms. The average Bonchev–Trinajstić information content (AvgIpc) is 2.99. The van der Waals surface area contributed by atoms with E-state index in [1.54, 1.807) is 16.5 Å². The van der Waals surface area contributed by atoms with Crippen LogP contribution in [0.5, 0.6) is 5.75 Å². The van der Waals surface area contributed by atoms with Gasteiger partial charge in [0.1, 0.15) is 17.8 Å². The molecule has 10 nitrogen and oxygen atoms in total. The molecule has 10 heteroatoms. The fourth-order valence-electron chi connectivity index (χ4n) is 3.73. The van der Waals surface area contributed by atoms with Gasteiger partial charge in [-0.1, -0.05) is 6.92 Å². The van der Waals surface area contributed by atoms with E-state index < -0.39 is 6.61 Å². The molecule has 164 valence electrons. The Balaban J connectivity index is 1.92. The molecule has 0 aliphatic carbocycles. The maximum absolute atomic E-state index is 13.2. The SMILES string of the molecule is CCc1nc2c(c(OC(C)C)c(C(=O)NC3CCN(C(=O)CO)CC3)n2C)c(=O)[nH]1. The summed E-state index contributed by atoms with van der Waals surface area (Å²) in [4.78, 5) is 46.3. The molecule has 1 aliphatic rings. The topological polar surface area (TPSA) is 130 Å². The summed E-state index contributed by atoms with van der Waals surface area (Å²) in [5.74, 6) is 0.106. The predicted octanol–water partition coefficient (Wildman–Crippen LogP) is 0.324. The first kappa shape index (κ1) is 21.8. The minimum absolute atomic E-state index is 0.123. The summed E-state index contributed by atoms with van der Waals surface area (Å²) in [6, 6.07) is -0.123. The van der Waals surface area contributed by atoms with Gasteiger partial charge in [0.05, 0.1) is 6.10 Å². The second-order valence-corrected chi connectivity index (χ2v) is 7.75. The van der Waals surface area contributed by atoms with Crippen LogP contribution in [0.4, 0.5) is 0 Å². The first-order valence-corrected chi connectivity index (χ1v) is 10.2. The number of amides is 2. The molecule has 3 rings (SSSR count). The van der Waals surface area contributed by atoms with Crippen LogP contribution in [-0.4, -0.2) is 68.2 Å². The number of nitrogens with zero attached hydrogens (tertiary/aromatic N) is 3. The van der Waals surface area contributed by atoms with Crippen LogP contribution >= 0.6 is 0 Å². The van der Waals surface area contributed by atoms with E-state index in [1.807, 2.05) is 20.8 Å². The molecule has 0 bridgehead atoms. The van der Waals surface area contributed by atoms with Crippen molar-refractivity contribution in [1.29, 1.82) is 0 Å². The van der Waals surface area contributed by atoms with Gasteiger partial charge in [-0.3, -0.25) is 14.4 Å². The summed E-state index contributed by atoms with van der Waals surface area (Å²) in [6.07, 6.45) is 1.49. The number of ether oxygens (including phenoxy) is 1. The second-order valence-electron chi connectivity index (χ2n) is 7.75. The van der Waals surface area contributed by atoms with Crippen LogP contribution < -0.4 is 15.6 Å². The van der Waals surface area contributed by atoms with Gasteiger partial charge in [0.25, 0.3) is 11.5 Å². The molecule has 0 radical (unpaired) electrons. The largest absolute Gasteiger partial charge is 0.488 e. The second kappa shape index (κ2) is 8.86. The monoisotopic (exact) mass is 419 g/mol. The highest BCUT2D eigenvalue weighted by molar-refractivity contribution is 6.03. The Labute approximate surface area is 174 Å². The van der Waals surface area contributed by atoms with Crippen LogP contribution in [0.15, 0.2) is 4.79 Å². The van der Waals surface area contributed by atoms with E-state index in [9.17, 15) is 14.4 Å². The maximum Gasteiger partial charge on any atom is 0.272 e. The Kier molecular flexibility index (Phi) is 6.45. The smallest absolute Gasteiger partial charge is 0.272 e. The molecule has 3 heterocycles. The molecular formula is C20H29N5O5. The van der Waals surface area contributed by atoms with E-state index in [4.69, 9.17) is 9.84 Å². The lowest BCUT2D eigenvalue weighted by Crippen LogP contribution is -2.47. The number of aromatic amines is 1. The number of carbonyl (C=O) groups excluding carboxylic acids is 2. The zero-order valence-electron chi connectivity index (χ0n) is 17.8. The minimum Gasteiger partial charge on any atom is -0.488 e. The van der Waals surface area contributed by atoms with Crippen molar-refractivity contribution in [3.8, 4) is 5.75 Å². The highest BCUT2D eigenvalue weighted by Gasteiger charge is 2.29. The van der Waals surface area contributed by atoms with Crippen molar-refractivity contribution >= 4 is 22.8 Å². The maximum atomic E-state index is 13.2. The van der Waals surface area contributed by atoms with Gasteiger partial charge in [0.15, 0.2) is 17.1 Å². The lowest BCUT2D eigenvalue weighted by atomic mass is 10.0. The lowest BCUT2D eigenvalue weighted by molar-refractivity contribution is -0.135. The number of aryl methyl sites for hydroxylation is 2. The molecule has 2 aromatic rings. The number of carbonyl (C=O) groups is 2. The lowest BCUT2D eigenvalue weighted by Gasteiger charge is -2.32. The summed E-state index contributed by atoms with van der Waals surface area (Å²) < 4.78 is 7.48. The minimum atomic E-state index is -0.510. The van der Waals surface area contributed by atoms with E-state index in [-0.39, 0.29) is 46.3 Å². The molecular weight excluding hydrogens is 390 g/mol. The molecule has 0 unspecified atom stereocenters. The molecule has 0 aromatic carbocycles. The number of rotatable bonds is 6. The Morgan fingerprint density at radius 3 is 2.57 bits per heavy atom. The van der Waals surface area contributed by atoms with Gasteiger partial charge in [-0.15, -0.1) is 0 Å². The molecule has 2 aromatic heterocycles. The molecule has 0 spiro atoms. The Morgan fingerprint density at radius 1 is 1.33 bits per heavy atom. The fourth-order valence-corrected chi connectivity index (χ4v) is 3.73. The van der Waals surface area contributed by atoms with Gasteiger partial charge in [0, 0.05) is 32.6 Å². The van der Waals surface area contributed by atoms with Crippen LogP contribution in [-0.2, 0) is 18.3 Å². The van der Waals surface area contributed by atoms with E-state index in [1.165, 1.54) is 0 Å². The standard InChI is InChI=1S/C20H29N5O5/c1-5-13-22-18-15(19(28)23-13)17(30-11(2)3)16(24(18)4)20(29)21-12-6-8-25(9-7-12)14(27)10-26/h11-12,26H,5-10H2,1-4H3,(H,21,29)(H,22,23,28). The number of hydrogen-bond donors (Lipinski definition) is 3. The Morgan fingerprint density at radius 2 is 2.00 bits per heavy atom. The van der Waals surface area contributed by atoms with Crippen molar-refractivity contribution in [1.82, 2.24) is 24.8 Å². The third kappa shape index (κ3) is 4.18. The van der Waals surface area contributed by atoms with E-state index in [0.717, 1.165) is 0 Å². The molecule has 2 amide bonds. The number of piperidine rings is 1. The normalized spacial score (nSPS) is 15.1. The number of nitrogens with one attached hydrogen (secondary N) is 2. The van der Waals surface area contributed by atoms with Gasteiger partial charge in [-0.25, -0.2) is 4.98 Å². The quantitative estimate of drug-likeness (QED) is 0.619. The van der Waals surface area contributed by atoms with Gasteiger partial charge >= 0.3 is 0 Å².